The van der Waals surface area contributed by atoms with Crippen LogP contribution >= 0.6 is 0 Å². The van der Waals surface area contributed by atoms with Gasteiger partial charge in [-0.05, 0) is 54.7 Å². The zero-order valence-electron chi connectivity index (χ0n) is 19.1. The second-order valence-electron chi connectivity index (χ2n) is 8.99. The number of rotatable bonds is 6. The molecule has 1 aromatic carbocycles. The quantitative estimate of drug-likeness (QED) is 0.443. The van der Waals surface area contributed by atoms with Crippen LogP contribution in [0.25, 0.3) is 0 Å². The van der Waals surface area contributed by atoms with E-state index in [1.54, 1.807) is 0 Å². The second-order valence-corrected chi connectivity index (χ2v) is 8.99. The van der Waals surface area contributed by atoms with Crippen LogP contribution in [0.3, 0.4) is 0 Å². The lowest BCUT2D eigenvalue weighted by Crippen LogP contribution is -2.43. The summed E-state index contributed by atoms with van der Waals surface area (Å²) in [6.45, 7) is 1.69. The number of hydrogen-bond acceptors (Lipinski definition) is 8. The van der Waals surface area contributed by atoms with Gasteiger partial charge in [0, 0.05) is 43.3 Å². The average Bonchev–Trinajstić information content (AvgIpc) is 2.85. The maximum Gasteiger partial charge on any atom is 0.254 e. The molecular formula is C25H30N8O. The van der Waals surface area contributed by atoms with Gasteiger partial charge < -0.3 is 27.0 Å². The van der Waals surface area contributed by atoms with Crippen LogP contribution in [0, 0.1) is 0 Å². The van der Waals surface area contributed by atoms with Crippen LogP contribution in [0.2, 0.25) is 0 Å². The minimum absolute atomic E-state index is 0.0623. The number of carbonyl (C=O) groups excluding carboxylic acids is 1. The van der Waals surface area contributed by atoms with Crippen LogP contribution < -0.4 is 27.0 Å². The topological polar surface area (TPSA) is 135 Å². The Hall–Kier alpha value is -3.72. The van der Waals surface area contributed by atoms with Gasteiger partial charge in [0.1, 0.15) is 17.2 Å². The van der Waals surface area contributed by atoms with E-state index in [-0.39, 0.29) is 17.6 Å². The predicted molar refractivity (Wildman–Crippen MR) is 133 cm³/mol. The third kappa shape index (κ3) is 4.79. The van der Waals surface area contributed by atoms with Crippen molar-refractivity contribution >= 4 is 29.2 Å². The Labute approximate surface area is 199 Å². The number of aromatic nitrogens is 3. The minimum Gasteiger partial charge on any atom is -0.365 e. The van der Waals surface area contributed by atoms with Crippen LogP contribution in [-0.2, 0) is 13.0 Å². The van der Waals surface area contributed by atoms with Gasteiger partial charge in [0.25, 0.3) is 5.91 Å². The molecule has 5 rings (SSSR count). The molecule has 1 fully saturated rings. The van der Waals surface area contributed by atoms with Crippen molar-refractivity contribution in [2.24, 2.45) is 11.5 Å². The first-order valence-corrected chi connectivity index (χ1v) is 11.8. The molecule has 3 aromatic rings. The number of pyridine rings is 1. The van der Waals surface area contributed by atoms with Crippen molar-refractivity contribution in [1.29, 1.82) is 0 Å². The highest BCUT2D eigenvalue weighted by Crippen LogP contribution is 2.28. The molecule has 0 spiro atoms. The summed E-state index contributed by atoms with van der Waals surface area (Å²) in [6, 6.07) is 12.4. The van der Waals surface area contributed by atoms with E-state index in [4.69, 9.17) is 11.5 Å². The van der Waals surface area contributed by atoms with Crippen molar-refractivity contribution in [1.82, 2.24) is 15.0 Å². The zero-order valence-corrected chi connectivity index (χ0v) is 19.1. The number of hydrogen-bond donors (Lipinski definition) is 4. The molecule has 0 saturated heterocycles. The molecule has 176 valence electrons. The highest BCUT2D eigenvalue weighted by molar-refractivity contribution is 5.98. The van der Waals surface area contributed by atoms with Crippen molar-refractivity contribution in [3.05, 3.63) is 65.5 Å². The number of amides is 1. The van der Waals surface area contributed by atoms with E-state index in [2.05, 4.69) is 42.6 Å². The first-order chi connectivity index (χ1) is 16.6. The molecule has 2 aliphatic rings. The third-order valence-electron chi connectivity index (χ3n) is 6.64. The molecule has 9 heteroatoms. The van der Waals surface area contributed by atoms with Crippen molar-refractivity contribution in [2.75, 3.05) is 22.1 Å². The van der Waals surface area contributed by atoms with Crippen molar-refractivity contribution in [2.45, 2.75) is 50.7 Å². The van der Waals surface area contributed by atoms with E-state index in [0.717, 1.165) is 56.7 Å². The SMILES string of the molecule is NC(=O)c1cnc(NC2CCCCC2N)nc1Nc1ccc2c(c1)CN(c1ccccn1)CC2. The number of nitrogens with one attached hydrogen (secondary N) is 2. The number of anilines is 4. The van der Waals surface area contributed by atoms with Gasteiger partial charge in [-0.1, -0.05) is 25.0 Å². The van der Waals surface area contributed by atoms with Crippen molar-refractivity contribution in [3.8, 4) is 0 Å². The molecule has 2 atom stereocenters. The third-order valence-corrected chi connectivity index (χ3v) is 6.64. The minimum atomic E-state index is -0.581. The number of fused-ring (bicyclic) bond motifs is 1. The number of primary amides is 1. The van der Waals surface area contributed by atoms with E-state index < -0.39 is 5.91 Å². The highest BCUT2D eigenvalue weighted by Gasteiger charge is 2.23. The maximum absolute atomic E-state index is 12.0. The standard InChI is InChI=1S/C25H30N8O/c26-20-5-1-2-6-21(20)31-25-29-14-19(23(27)34)24(32-25)30-18-9-8-16-10-12-33(15-17(16)13-18)22-7-3-4-11-28-22/h3-4,7-9,11,13-14,20-21H,1-2,5-6,10,12,15,26H2,(H2,27,34)(H2,29,30,31,32). The Bertz CT molecular complexity index is 1170. The molecule has 1 aliphatic heterocycles. The zero-order chi connectivity index (χ0) is 23.5. The molecule has 2 unspecified atom stereocenters. The fourth-order valence-electron chi connectivity index (χ4n) is 4.74. The highest BCUT2D eigenvalue weighted by atomic mass is 16.1. The van der Waals surface area contributed by atoms with E-state index >= 15 is 0 Å². The summed E-state index contributed by atoms with van der Waals surface area (Å²) >= 11 is 0. The molecule has 1 aliphatic carbocycles. The first kappa shape index (κ1) is 22.1. The van der Waals surface area contributed by atoms with E-state index in [1.807, 2.05) is 30.5 Å². The molecule has 1 amide bonds. The molecular weight excluding hydrogens is 428 g/mol. The molecule has 34 heavy (non-hydrogen) atoms. The number of benzene rings is 1. The molecule has 0 radical (unpaired) electrons. The summed E-state index contributed by atoms with van der Waals surface area (Å²) in [6.07, 6.45) is 8.45. The van der Waals surface area contributed by atoms with Crippen LogP contribution in [0.15, 0.2) is 48.8 Å². The van der Waals surface area contributed by atoms with E-state index in [1.165, 1.54) is 17.3 Å². The van der Waals surface area contributed by atoms with Crippen molar-refractivity contribution < 1.29 is 4.79 Å². The Morgan fingerprint density at radius 3 is 2.76 bits per heavy atom. The van der Waals surface area contributed by atoms with Gasteiger partial charge in [0.15, 0.2) is 0 Å². The number of nitrogens with zero attached hydrogens (tertiary/aromatic N) is 4. The van der Waals surface area contributed by atoms with Gasteiger partial charge in [0.05, 0.1) is 0 Å². The lowest BCUT2D eigenvalue weighted by molar-refractivity contribution is 0.100. The fraction of sp³-hybridized carbons (Fsp3) is 0.360. The number of nitrogens with two attached hydrogens (primary N) is 2. The Morgan fingerprint density at radius 1 is 1.09 bits per heavy atom. The van der Waals surface area contributed by atoms with Gasteiger partial charge in [0.2, 0.25) is 5.95 Å². The van der Waals surface area contributed by atoms with Crippen LogP contribution in [0.4, 0.5) is 23.3 Å². The van der Waals surface area contributed by atoms with Crippen LogP contribution in [-0.4, -0.2) is 39.5 Å². The van der Waals surface area contributed by atoms with Crippen LogP contribution in [0.1, 0.15) is 47.2 Å². The summed E-state index contributed by atoms with van der Waals surface area (Å²) in [5, 5.41) is 6.63. The molecule has 0 bridgehead atoms. The Balaban J connectivity index is 1.37. The van der Waals surface area contributed by atoms with E-state index in [0.29, 0.717) is 11.8 Å². The normalized spacial score (nSPS) is 19.9. The molecule has 2 aromatic heterocycles. The van der Waals surface area contributed by atoms with Gasteiger partial charge >= 0.3 is 0 Å². The summed E-state index contributed by atoms with van der Waals surface area (Å²) in [4.78, 5) is 27.7. The van der Waals surface area contributed by atoms with Gasteiger partial charge in [-0.15, -0.1) is 0 Å². The average molecular weight is 459 g/mol. The Morgan fingerprint density at radius 2 is 1.97 bits per heavy atom. The summed E-state index contributed by atoms with van der Waals surface area (Å²) in [5.41, 5.74) is 15.5. The van der Waals surface area contributed by atoms with Crippen molar-refractivity contribution in [3.63, 3.8) is 0 Å². The van der Waals surface area contributed by atoms with Gasteiger partial charge in [-0.2, -0.15) is 4.98 Å². The second kappa shape index (κ2) is 9.64. The predicted octanol–water partition coefficient (Wildman–Crippen LogP) is 2.96. The largest absolute Gasteiger partial charge is 0.365 e. The monoisotopic (exact) mass is 458 g/mol. The summed E-state index contributed by atoms with van der Waals surface area (Å²) in [5.74, 6) is 1.21. The molecule has 3 heterocycles. The summed E-state index contributed by atoms with van der Waals surface area (Å²) in [7, 11) is 0. The maximum atomic E-state index is 12.0. The number of carbonyl (C=O) groups is 1. The fourth-order valence-corrected chi connectivity index (χ4v) is 4.74. The lowest BCUT2D eigenvalue weighted by atomic mass is 9.91. The smallest absolute Gasteiger partial charge is 0.254 e. The van der Waals surface area contributed by atoms with Crippen LogP contribution in [0.5, 0.6) is 0 Å². The van der Waals surface area contributed by atoms with E-state index in [9.17, 15) is 4.79 Å². The first-order valence-electron chi connectivity index (χ1n) is 11.8. The summed E-state index contributed by atoms with van der Waals surface area (Å²) < 4.78 is 0. The lowest BCUT2D eigenvalue weighted by Gasteiger charge is -2.30. The molecule has 1 saturated carbocycles. The molecule has 6 N–H and O–H groups in total. The van der Waals surface area contributed by atoms with Gasteiger partial charge in [-0.3, -0.25) is 4.79 Å². The molecule has 9 nitrogen and oxygen atoms in total. The van der Waals surface area contributed by atoms with Gasteiger partial charge in [-0.25, -0.2) is 9.97 Å². The Kier molecular flexibility index (Phi) is 6.27.